The fourth-order valence-electron chi connectivity index (χ4n) is 4.42. The van der Waals surface area contributed by atoms with Gasteiger partial charge in [0.1, 0.15) is 17.6 Å². The summed E-state index contributed by atoms with van der Waals surface area (Å²) in [5.74, 6) is 1.51. The van der Waals surface area contributed by atoms with Crippen molar-refractivity contribution in [2.45, 2.75) is 57.4 Å². The van der Waals surface area contributed by atoms with Gasteiger partial charge in [-0.05, 0) is 38.0 Å². The van der Waals surface area contributed by atoms with E-state index in [0.717, 1.165) is 50.8 Å². The first-order valence-corrected chi connectivity index (χ1v) is 10.9. The van der Waals surface area contributed by atoms with Crippen LogP contribution in [0.3, 0.4) is 0 Å². The molecule has 2 aromatic heterocycles. The second-order valence-corrected chi connectivity index (χ2v) is 8.43. The van der Waals surface area contributed by atoms with Gasteiger partial charge in [-0.2, -0.15) is 0 Å². The lowest BCUT2D eigenvalue weighted by Gasteiger charge is -2.34. The molecule has 3 fully saturated rings. The van der Waals surface area contributed by atoms with Crippen molar-refractivity contribution < 1.29 is 19.1 Å². The van der Waals surface area contributed by atoms with Crippen LogP contribution >= 0.6 is 0 Å². The van der Waals surface area contributed by atoms with Crippen LogP contribution in [-0.2, 0) is 20.7 Å². The number of β-lactam (4-membered cyclic amide) rings is 1. The lowest BCUT2D eigenvalue weighted by Crippen LogP contribution is -2.53. The number of imidazole rings is 1. The molecule has 5 rings (SSSR count). The summed E-state index contributed by atoms with van der Waals surface area (Å²) in [6.07, 6.45) is 6.55. The molecule has 3 saturated heterocycles. The second-order valence-electron chi connectivity index (χ2n) is 8.43. The van der Waals surface area contributed by atoms with Crippen LogP contribution in [0.15, 0.2) is 6.33 Å². The SMILES string of the molecule is Nc1nc(CCC2CCN(C(=O)OC3CC(=O)N3)CC2)nc2c1ncn2[C@H]1CCCO1. The van der Waals surface area contributed by atoms with Crippen LogP contribution < -0.4 is 11.1 Å². The average Bonchev–Trinajstić information content (AvgIpc) is 3.41. The lowest BCUT2D eigenvalue weighted by molar-refractivity contribution is -0.136. The highest BCUT2D eigenvalue weighted by Crippen LogP contribution is 2.28. The Kier molecular flexibility index (Phi) is 5.34. The van der Waals surface area contributed by atoms with E-state index in [2.05, 4.69) is 15.3 Å². The van der Waals surface area contributed by atoms with Gasteiger partial charge in [-0.25, -0.2) is 19.7 Å². The number of rotatable bonds is 5. The summed E-state index contributed by atoms with van der Waals surface area (Å²) in [5, 5.41) is 2.55. The Morgan fingerprint density at radius 2 is 2.10 bits per heavy atom. The Labute approximate surface area is 179 Å². The van der Waals surface area contributed by atoms with Crippen molar-refractivity contribution in [3.8, 4) is 0 Å². The Hall–Kier alpha value is -2.95. The second kappa shape index (κ2) is 8.29. The maximum Gasteiger partial charge on any atom is 0.411 e. The number of hydrogen-bond donors (Lipinski definition) is 2. The van der Waals surface area contributed by atoms with Crippen LogP contribution in [0.5, 0.6) is 0 Å². The van der Waals surface area contributed by atoms with E-state index in [1.165, 1.54) is 0 Å². The molecule has 166 valence electrons. The van der Waals surface area contributed by atoms with E-state index in [1.54, 1.807) is 11.2 Å². The molecule has 3 aliphatic heterocycles. The fourth-order valence-corrected chi connectivity index (χ4v) is 4.42. The molecular formula is C20H27N7O4. The molecule has 0 spiro atoms. The van der Waals surface area contributed by atoms with Gasteiger partial charge in [-0.3, -0.25) is 9.36 Å². The number of nitrogens with two attached hydrogens (primary N) is 1. The predicted molar refractivity (Wildman–Crippen MR) is 110 cm³/mol. The number of anilines is 1. The first kappa shape index (κ1) is 20.0. The number of likely N-dealkylation sites (tertiary alicyclic amines) is 1. The minimum absolute atomic E-state index is 0.0375. The number of nitrogens with one attached hydrogen (secondary N) is 1. The van der Waals surface area contributed by atoms with Crippen LogP contribution in [0.2, 0.25) is 0 Å². The number of carbonyl (C=O) groups excluding carboxylic acids is 2. The van der Waals surface area contributed by atoms with E-state index < -0.39 is 6.23 Å². The number of hydrogen-bond acceptors (Lipinski definition) is 8. The smallest absolute Gasteiger partial charge is 0.411 e. The van der Waals surface area contributed by atoms with Gasteiger partial charge in [0, 0.05) is 26.1 Å². The molecule has 11 nitrogen and oxygen atoms in total. The van der Waals surface area contributed by atoms with Crippen LogP contribution in [0.25, 0.3) is 11.2 Å². The monoisotopic (exact) mass is 429 g/mol. The summed E-state index contributed by atoms with van der Waals surface area (Å²) < 4.78 is 13.0. The van der Waals surface area contributed by atoms with Gasteiger partial charge in [-0.15, -0.1) is 0 Å². The standard InChI is InChI=1S/C20H27N7O4/c21-18-17-19(27(11-22-17)16-2-1-9-30-16)24-13(23-18)4-3-12-5-7-26(8-6-12)20(29)31-15-10-14(28)25-15/h11-12,15-16H,1-10H2,(H,25,28)(H2,21,23,24)/t15?,16-/m1/s1. The molecule has 2 atom stereocenters. The van der Waals surface area contributed by atoms with Crippen LogP contribution in [0.4, 0.5) is 10.6 Å². The van der Waals surface area contributed by atoms with Crippen molar-refractivity contribution in [3.05, 3.63) is 12.2 Å². The first-order valence-electron chi connectivity index (χ1n) is 10.9. The van der Waals surface area contributed by atoms with Crippen molar-refractivity contribution in [1.82, 2.24) is 29.7 Å². The van der Waals surface area contributed by atoms with Gasteiger partial charge >= 0.3 is 6.09 Å². The first-order chi connectivity index (χ1) is 15.1. The zero-order valence-electron chi connectivity index (χ0n) is 17.3. The normalized spacial score (nSPS) is 24.3. The van der Waals surface area contributed by atoms with Crippen molar-refractivity contribution in [3.63, 3.8) is 0 Å². The largest absolute Gasteiger partial charge is 0.425 e. The number of nitrogen functional groups attached to an aromatic ring is 1. The van der Waals surface area contributed by atoms with E-state index in [1.807, 2.05) is 4.57 Å². The summed E-state index contributed by atoms with van der Waals surface area (Å²) in [4.78, 5) is 38.4. The number of fused-ring (bicyclic) bond motifs is 1. The summed E-state index contributed by atoms with van der Waals surface area (Å²) in [6.45, 7) is 2.05. The summed E-state index contributed by atoms with van der Waals surface area (Å²) >= 11 is 0. The molecule has 2 aromatic rings. The molecule has 0 bridgehead atoms. The van der Waals surface area contributed by atoms with Crippen LogP contribution in [0.1, 0.15) is 50.6 Å². The van der Waals surface area contributed by atoms with E-state index in [0.29, 0.717) is 36.2 Å². The maximum absolute atomic E-state index is 12.2. The highest BCUT2D eigenvalue weighted by molar-refractivity contribution is 5.83. The van der Waals surface area contributed by atoms with E-state index in [-0.39, 0.29) is 24.6 Å². The molecule has 2 amide bonds. The molecule has 1 unspecified atom stereocenters. The topological polar surface area (TPSA) is 137 Å². The Bertz CT molecular complexity index is 971. The van der Waals surface area contributed by atoms with E-state index >= 15 is 0 Å². The van der Waals surface area contributed by atoms with Gasteiger partial charge in [0.2, 0.25) is 5.91 Å². The number of amides is 2. The molecular weight excluding hydrogens is 402 g/mol. The van der Waals surface area contributed by atoms with Gasteiger partial charge < -0.3 is 25.4 Å². The van der Waals surface area contributed by atoms with Gasteiger partial charge in [0.15, 0.2) is 17.7 Å². The molecule has 31 heavy (non-hydrogen) atoms. The van der Waals surface area contributed by atoms with Crippen LogP contribution in [-0.4, -0.2) is 62.3 Å². The minimum Gasteiger partial charge on any atom is -0.425 e. The maximum atomic E-state index is 12.2. The number of aromatic nitrogens is 4. The highest BCUT2D eigenvalue weighted by Gasteiger charge is 2.32. The van der Waals surface area contributed by atoms with E-state index in [4.69, 9.17) is 20.2 Å². The number of aryl methyl sites for hydroxylation is 1. The lowest BCUT2D eigenvalue weighted by atomic mass is 9.92. The van der Waals surface area contributed by atoms with Gasteiger partial charge in [0.05, 0.1) is 12.7 Å². The summed E-state index contributed by atoms with van der Waals surface area (Å²) in [7, 11) is 0. The van der Waals surface area contributed by atoms with Crippen LogP contribution in [0, 0.1) is 5.92 Å². The predicted octanol–water partition coefficient (Wildman–Crippen LogP) is 1.34. The third-order valence-corrected chi connectivity index (χ3v) is 6.30. The fraction of sp³-hybridized carbons (Fsp3) is 0.650. The highest BCUT2D eigenvalue weighted by atomic mass is 16.6. The molecule has 11 heteroatoms. The molecule has 3 N–H and O–H groups in total. The molecule has 0 aromatic carbocycles. The van der Waals surface area contributed by atoms with Crippen molar-refractivity contribution in [1.29, 1.82) is 0 Å². The number of ether oxygens (including phenoxy) is 2. The third kappa shape index (κ3) is 4.14. The number of nitrogens with zero attached hydrogens (tertiary/aromatic N) is 5. The zero-order chi connectivity index (χ0) is 21.4. The van der Waals surface area contributed by atoms with Crippen molar-refractivity contribution in [2.75, 3.05) is 25.4 Å². The van der Waals surface area contributed by atoms with E-state index in [9.17, 15) is 9.59 Å². The molecule has 3 aliphatic rings. The average molecular weight is 429 g/mol. The molecule has 0 saturated carbocycles. The zero-order valence-corrected chi connectivity index (χ0v) is 17.3. The van der Waals surface area contributed by atoms with Gasteiger partial charge in [0.25, 0.3) is 0 Å². The molecule has 5 heterocycles. The minimum atomic E-state index is -0.474. The summed E-state index contributed by atoms with van der Waals surface area (Å²) in [5.41, 5.74) is 7.49. The third-order valence-electron chi connectivity index (χ3n) is 6.30. The Morgan fingerprint density at radius 1 is 1.29 bits per heavy atom. The quantitative estimate of drug-likeness (QED) is 0.679. The molecule has 0 radical (unpaired) electrons. The number of piperidine rings is 1. The summed E-state index contributed by atoms with van der Waals surface area (Å²) in [6, 6.07) is 0. The Morgan fingerprint density at radius 3 is 2.81 bits per heavy atom. The Balaban J connectivity index is 1.15. The van der Waals surface area contributed by atoms with Gasteiger partial charge in [-0.1, -0.05) is 0 Å². The number of carbonyl (C=O) groups is 2. The van der Waals surface area contributed by atoms with Crippen molar-refractivity contribution >= 4 is 29.0 Å². The van der Waals surface area contributed by atoms with Crippen molar-refractivity contribution in [2.24, 2.45) is 5.92 Å². The molecule has 0 aliphatic carbocycles.